The number of sulfone groups is 1. The van der Waals surface area contributed by atoms with Crippen LogP contribution in [0.1, 0.15) is 19.4 Å². The highest BCUT2D eigenvalue weighted by Crippen LogP contribution is 2.22. The van der Waals surface area contributed by atoms with Crippen molar-refractivity contribution in [3.8, 4) is 0 Å². The molecule has 0 aromatic heterocycles. The predicted octanol–water partition coefficient (Wildman–Crippen LogP) is 2.83. The molecular formula is C10H13ClO2S. The molecule has 0 heterocycles. The maximum Gasteiger partial charge on any atom is 0.180 e. The van der Waals surface area contributed by atoms with Crippen LogP contribution in [0.5, 0.6) is 0 Å². The maximum atomic E-state index is 11.8. The van der Waals surface area contributed by atoms with E-state index in [-0.39, 0.29) is 0 Å². The topological polar surface area (TPSA) is 34.1 Å². The Bertz CT molecular complexity index is 435. The van der Waals surface area contributed by atoms with Crippen LogP contribution < -0.4 is 0 Å². The number of halogens is 1. The minimum atomic E-state index is -3.18. The fourth-order valence-corrected chi connectivity index (χ4v) is 2.69. The second-order valence-corrected chi connectivity index (χ2v) is 6.41. The van der Waals surface area contributed by atoms with Gasteiger partial charge in [0.1, 0.15) is 0 Å². The average Bonchev–Trinajstić information content (AvgIpc) is 2.02. The number of hydrogen-bond donors (Lipinski definition) is 0. The lowest BCUT2D eigenvalue weighted by atomic mass is 10.2. The molecule has 0 unspecified atom stereocenters. The quantitative estimate of drug-likeness (QED) is 0.786. The van der Waals surface area contributed by atoms with Gasteiger partial charge in [0, 0.05) is 5.02 Å². The predicted molar refractivity (Wildman–Crippen MR) is 58.5 cm³/mol. The van der Waals surface area contributed by atoms with Gasteiger partial charge in [-0.15, -0.1) is 0 Å². The molecule has 2 nitrogen and oxygen atoms in total. The molecule has 4 heteroatoms. The van der Waals surface area contributed by atoms with Crippen molar-refractivity contribution in [2.24, 2.45) is 0 Å². The molecule has 0 saturated heterocycles. The summed E-state index contributed by atoms with van der Waals surface area (Å²) in [6, 6.07) is 4.83. The van der Waals surface area contributed by atoms with E-state index in [0.29, 0.717) is 15.5 Å². The van der Waals surface area contributed by atoms with Crippen molar-refractivity contribution in [1.29, 1.82) is 0 Å². The fourth-order valence-electron chi connectivity index (χ4n) is 1.19. The first-order valence-electron chi connectivity index (χ1n) is 4.35. The standard InChI is InChI=1S/C10H13ClO2S/c1-7(2)14(12,13)10-5-4-9(11)6-8(10)3/h4-7H,1-3H3. The van der Waals surface area contributed by atoms with Gasteiger partial charge in [0.25, 0.3) is 0 Å². The van der Waals surface area contributed by atoms with E-state index in [0.717, 1.165) is 0 Å². The zero-order valence-corrected chi connectivity index (χ0v) is 9.98. The van der Waals surface area contributed by atoms with Crippen LogP contribution in [0.2, 0.25) is 5.02 Å². The van der Waals surface area contributed by atoms with E-state index in [2.05, 4.69) is 0 Å². The van der Waals surface area contributed by atoms with Crippen molar-refractivity contribution in [3.63, 3.8) is 0 Å². The number of hydrogen-bond acceptors (Lipinski definition) is 2. The summed E-state index contributed by atoms with van der Waals surface area (Å²) >= 11 is 5.75. The van der Waals surface area contributed by atoms with E-state index < -0.39 is 15.1 Å². The van der Waals surface area contributed by atoms with Gasteiger partial charge in [-0.05, 0) is 44.5 Å². The van der Waals surface area contributed by atoms with Gasteiger partial charge in [-0.25, -0.2) is 8.42 Å². The van der Waals surface area contributed by atoms with Crippen LogP contribution in [0, 0.1) is 6.92 Å². The minimum absolute atomic E-state index is 0.372. The highest BCUT2D eigenvalue weighted by Gasteiger charge is 2.20. The Morgan fingerprint density at radius 2 is 1.86 bits per heavy atom. The van der Waals surface area contributed by atoms with E-state index in [4.69, 9.17) is 11.6 Å². The number of benzene rings is 1. The molecule has 78 valence electrons. The first kappa shape index (κ1) is 11.5. The zero-order chi connectivity index (χ0) is 10.9. The van der Waals surface area contributed by atoms with Gasteiger partial charge < -0.3 is 0 Å². The summed E-state index contributed by atoms with van der Waals surface area (Å²) in [5.74, 6) is 0. The first-order chi connectivity index (χ1) is 6.35. The summed E-state index contributed by atoms with van der Waals surface area (Å²) < 4.78 is 23.6. The van der Waals surface area contributed by atoms with Crippen molar-refractivity contribution in [3.05, 3.63) is 28.8 Å². The minimum Gasteiger partial charge on any atom is -0.223 e. The van der Waals surface area contributed by atoms with Gasteiger partial charge >= 0.3 is 0 Å². The maximum absolute atomic E-state index is 11.8. The van der Waals surface area contributed by atoms with Crippen molar-refractivity contribution < 1.29 is 8.42 Å². The molecule has 0 aliphatic rings. The van der Waals surface area contributed by atoms with Crippen LogP contribution in [0.15, 0.2) is 23.1 Å². The molecule has 1 aromatic carbocycles. The lowest BCUT2D eigenvalue weighted by Gasteiger charge is -2.10. The highest BCUT2D eigenvalue weighted by atomic mass is 35.5. The van der Waals surface area contributed by atoms with Crippen molar-refractivity contribution in [2.45, 2.75) is 30.9 Å². The van der Waals surface area contributed by atoms with Gasteiger partial charge in [-0.3, -0.25) is 0 Å². The third-order valence-corrected chi connectivity index (χ3v) is 4.61. The Morgan fingerprint density at radius 3 is 2.29 bits per heavy atom. The van der Waals surface area contributed by atoms with Crippen molar-refractivity contribution in [1.82, 2.24) is 0 Å². The van der Waals surface area contributed by atoms with Gasteiger partial charge in [0.2, 0.25) is 0 Å². The molecule has 0 fully saturated rings. The van der Waals surface area contributed by atoms with Crippen LogP contribution in [0.25, 0.3) is 0 Å². The largest absolute Gasteiger partial charge is 0.223 e. The number of rotatable bonds is 2. The molecule has 14 heavy (non-hydrogen) atoms. The Kier molecular flexibility index (Phi) is 3.22. The molecule has 0 N–H and O–H groups in total. The van der Waals surface area contributed by atoms with Crippen molar-refractivity contribution >= 4 is 21.4 Å². The summed E-state index contributed by atoms with van der Waals surface area (Å²) in [4.78, 5) is 0.372. The summed E-state index contributed by atoms with van der Waals surface area (Å²) in [5, 5.41) is 0.160. The van der Waals surface area contributed by atoms with E-state index in [1.807, 2.05) is 0 Å². The van der Waals surface area contributed by atoms with Gasteiger partial charge in [-0.2, -0.15) is 0 Å². The lowest BCUT2D eigenvalue weighted by molar-refractivity contribution is 0.587. The molecule has 1 rings (SSSR count). The molecule has 0 aliphatic heterocycles. The monoisotopic (exact) mass is 232 g/mol. The molecule has 0 saturated carbocycles. The molecule has 0 atom stereocenters. The first-order valence-corrected chi connectivity index (χ1v) is 6.28. The van der Waals surface area contributed by atoms with Gasteiger partial charge in [-0.1, -0.05) is 11.6 Å². The second-order valence-electron chi connectivity index (χ2n) is 3.50. The third kappa shape index (κ3) is 2.10. The molecule has 0 amide bonds. The molecule has 0 radical (unpaired) electrons. The molecule has 0 spiro atoms. The Labute approximate surface area is 89.8 Å². The van der Waals surface area contributed by atoms with Crippen molar-refractivity contribution in [2.75, 3.05) is 0 Å². The van der Waals surface area contributed by atoms with Crippen LogP contribution in [0.3, 0.4) is 0 Å². The van der Waals surface area contributed by atoms with Crippen LogP contribution in [0.4, 0.5) is 0 Å². The van der Waals surface area contributed by atoms with Gasteiger partial charge in [0.15, 0.2) is 9.84 Å². The van der Waals surface area contributed by atoms with E-state index in [1.165, 1.54) is 0 Å². The van der Waals surface area contributed by atoms with Gasteiger partial charge in [0.05, 0.1) is 10.1 Å². The Morgan fingerprint density at radius 1 is 1.29 bits per heavy atom. The van der Waals surface area contributed by atoms with E-state index in [9.17, 15) is 8.42 Å². The SMILES string of the molecule is Cc1cc(Cl)ccc1S(=O)(=O)C(C)C. The van der Waals surface area contributed by atoms with E-state index >= 15 is 0 Å². The van der Waals surface area contributed by atoms with Crippen LogP contribution in [-0.4, -0.2) is 13.7 Å². The molecule has 1 aromatic rings. The molecular weight excluding hydrogens is 220 g/mol. The number of aryl methyl sites for hydroxylation is 1. The summed E-state index contributed by atoms with van der Waals surface area (Å²) in [6.07, 6.45) is 0. The van der Waals surface area contributed by atoms with Crippen LogP contribution >= 0.6 is 11.6 Å². The summed E-state index contributed by atoms with van der Waals surface area (Å²) in [7, 11) is -3.18. The Hall–Kier alpha value is -0.540. The lowest BCUT2D eigenvalue weighted by Crippen LogP contribution is -2.15. The normalized spacial score (nSPS) is 12.1. The Balaban J connectivity index is 3.35. The molecule has 0 aliphatic carbocycles. The fraction of sp³-hybridized carbons (Fsp3) is 0.400. The smallest absolute Gasteiger partial charge is 0.180 e. The van der Waals surface area contributed by atoms with E-state index in [1.54, 1.807) is 39.0 Å². The average molecular weight is 233 g/mol. The second kappa shape index (κ2) is 3.91. The molecule has 0 bridgehead atoms. The van der Waals surface area contributed by atoms with Crippen LogP contribution in [-0.2, 0) is 9.84 Å². The zero-order valence-electron chi connectivity index (χ0n) is 8.41. The third-order valence-electron chi connectivity index (χ3n) is 2.06. The highest BCUT2D eigenvalue weighted by molar-refractivity contribution is 7.92. The summed E-state index contributed by atoms with van der Waals surface area (Å²) in [5.41, 5.74) is 0.700. The summed E-state index contributed by atoms with van der Waals surface area (Å²) in [6.45, 7) is 5.09.